The number of nitrogens with one attached hydrogen (secondary N) is 1. The van der Waals surface area contributed by atoms with Crippen molar-refractivity contribution in [2.45, 2.75) is 51.7 Å². The van der Waals surface area contributed by atoms with Crippen LogP contribution in [0.15, 0.2) is 52.7 Å². The predicted molar refractivity (Wildman–Crippen MR) is 149 cm³/mol. The van der Waals surface area contributed by atoms with E-state index in [2.05, 4.69) is 33.8 Å². The number of likely N-dealkylation sites (tertiary alicyclic amines) is 1. The van der Waals surface area contributed by atoms with Crippen molar-refractivity contribution in [1.29, 1.82) is 0 Å². The van der Waals surface area contributed by atoms with E-state index in [1.54, 1.807) is 32.9 Å². The number of allylic oxidation sites excluding steroid dienone is 1. The number of hydrogen-bond donors (Lipinski definition) is 1. The van der Waals surface area contributed by atoms with Gasteiger partial charge in [0.2, 0.25) is 5.96 Å². The highest BCUT2D eigenvalue weighted by Crippen LogP contribution is 2.39. The van der Waals surface area contributed by atoms with Crippen molar-refractivity contribution in [3.05, 3.63) is 65.5 Å². The van der Waals surface area contributed by atoms with Gasteiger partial charge in [-0.25, -0.2) is 18.2 Å². The summed E-state index contributed by atoms with van der Waals surface area (Å²) in [7, 11) is 3.49. The quantitative estimate of drug-likeness (QED) is 0.392. The van der Waals surface area contributed by atoms with Crippen LogP contribution < -0.4 is 15.0 Å². The van der Waals surface area contributed by atoms with E-state index in [4.69, 9.17) is 4.74 Å². The van der Waals surface area contributed by atoms with Crippen molar-refractivity contribution in [3.8, 4) is 5.75 Å². The highest BCUT2D eigenvalue weighted by atomic mass is 19.1. The molecular formula is C29H34F3N5O2. The van der Waals surface area contributed by atoms with Gasteiger partial charge in [-0.1, -0.05) is 12.6 Å². The molecule has 1 fully saturated rings. The molecule has 2 heterocycles. The van der Waals surface area contributed by atoms with E-state index in [0.717, 1.165) is 32.0 Å². The smallest absolute Gasteiger partial charge is 0.268 e. The fourth-order valence-corrected chi connectivity index (χ4v) is 4.99. The van der Waals surface area contributed by atoms with Crippen LogP contribution in [-0.4, -0.2) is 61.8 Å². The molecular weight excluding hydrogens is 507 g/mol. The lowest BCUT2D eigenvalue weighted by Crippen LogP contribution is -2.48. The zero-order valence-electron chi connectivity index (χ0n) is 22.9. The summed E-state index contributed by atoms with van der Waals surface area (Å²) in [5.41, 5.74) is 0.972. The topological polar surface area (TPSA) is 69.5 Å². The van der Waals surface area contributed by atoms with Crippen molar-refractivity contribution >= 4 is 29.0 Å². The summed E-state index contributed by atoms with van der Waals surface area (Å²) in [6.45, 7) is 10.3. The Morgan fingerprint density at radius 2 is 1.85 bits per heavy atom. The Kier molecular flexibility index (Phi) is 8.44. The number of amides is 1. The van der Waals surface area contributed by atoms with Crippen LogP contribution in [0.25, 0.3) is 0 Å². The second-order valence-electron chi connectivity index (χ2n) is 10.2. The number of aliphatic imine (C=N–C) groups is 2. The number of rotatable bonds is 5. The maximum absolute atomic E-state index is 15.2. The number of carbonyl (C=O) groups excluding carboxylic acids is 1. The number of benzene rings is 2. The lowest BCUT2D eigenvalue weighted by atomic mass is 9.89. The molecule has 2 aliphatic heterocycles. The van der Waals surface area contributed by atoms with Crippen LogP contribution in [0.3, 0.4) is 0 Å². The summed E-state index contributed by atoms with van der Waals surface area (Å²) >= 11 is 0. The normalized spacial score (nSPS) is 19.3. The first-order valence-corrected chi connectivity index (χ1v) is 13.0. The molecule has 1 unspecified atom stereocenters. The number of piperidine rings is 1. The number of anilines is 2. The van der Waals surface area contributed by atoms with E-state index in [9.17, 15) is 9.18 Å². The lowest BCUT2D eigenvalue weighted by molar-refractivity contribution is -0.126. The maximum atomic E-state index is 15.2. The van der Waals surface area contributed by atoms with Gasteiger partial charge in [0.1, 0.15) is 17.4 Å². The minimum Gasteiger partial charge on any atom is -0.476 e. The Bertz CT molecular complexity index is 1330. The standard InChI is InChI=1S/C29H34F3N5O2/c1-16(2)37-25-14-20(13-24(32)27(25)39-18(4)28(37)38)26(17(3)30)35-29(33-5)34-21-7-8-22(23(31)15-21)19-9-11-36(6)12-10-19/h7-8,13-16,18-19H,3,9-12H2,1-2,4-6H3,(H,33,34). The maximum Gasteiger partial charge on any atom is 0.268 e. The third kappa shape index (κ3) is 6.00. The SMILES string of the molecule is C=C(F)C(=NC(=NC)Nc1ccc(C2CCN(C)CC2)c(F)c1)c1cc(F)c2c(c1)N(C(C)C)C(=O)C(C)O2. The summed E-state index contributed by atoms with van der Waals surface area (Å²) in [5, 5.41) is 2.90. The summed E-state index contributed by atoms with van der Waals surface area (Å²) < 4.78 is 50.4. The Morgan fingerprint density at radius 3 is 2.44 bits per heavy atom. The Balaban J connectivity index is 1.64. The van der Waals surface area contributed by atoms with E-state index < -0.39 is 17.7 Å². The molecule has 1 atom stereocenters. The first-order chi connectivity index (χ1) is 18.5. The van der Waals surface area contributed by atoms with E-state index in [1.807, 2.05) is 0 Å². The van der Waals surface area contributed by atoms with Crippen molar-refractivity contribution in [2.24, 2.45) is 9.98 Å². The monoisotopic (exact) mass is 541 g/mol. The number of guanidine groups is 1. The second kappa shape index (κ2) is 11.6. The predicted octanol–water partition coefficient (Wildman–Crippen LogP) is 5.67. The van der Waals surface area contributed by atoms with E-state index in [1.165, 1.54) is 24.1 Å². The molecule has 2 aliphatic rings. The minimum atomic E-state index is -0.936. The highest BCUT2D eigenvalue weighted by Gasteiger charge is 2.36. The molecule has 1 N–H and O–H groups in total. The number of carbonyl (C=O) groups is 1. The van der Waals surface area contributed by atoms with Gasteiger partial charge in [0.25, 0.3) is 5.91 Å². The summed E-state index contributed by atoms with van der Waals surface area (Å²) in [4.78, 5) is 24.7. The van der Waals surface area contributed by atoms with Crippen LogP contribution in [0, 0.1) is 11.6 Å². The Hall–Kier alpha value is -3.66. The van der Waals surface area contributed by atoms with Crippen molar-refractivity contribution < 1.29 is 22.7 Å². The molecule has 0 bridgehead atoms. The third-order valence-corrected chi connectivity index (χ3v) is 7.05. The number of ether oxygens (including phenoxy) is 1. The molecule has 2 aromatic rings. The van der Waals surface area contributed by atoms with Crippen LogP contribution in [0.1, 0.15) is 50.7 Å². The number of fused-ring (bicyclic) bond motifs is 1. The molecule has 0 saturated carbocycles. The van der Waals surface area contributed by atoms with Gasteiger partial charge >= 0.3 is 0 Å². The van der Waals surface area contributed by atoms with Crippen molar-refractivity contribution in [1.82, 2.24) is 4.90 Å². The Labute approximate surface area is 227 Å². The first kappa shape index (κ1) is 28.4. The van der Waals surface area contributed by atoms with Gasteiger partial charge in [0.15, 0.2) is 17.7 Å². The lowest BCUT2D eigenvalue weighted by Gasteiger charge is -2.36. The number of nitrogens with zero attached hydrogens (tertiary/aromatic N) is 4. The van der Waals surface area contributed by atoms with Gasteiger partial charge in [-0.2, -0.15) is 0 Å². The molecule has 0 spiro atoms. The number of hydrogen-bond acceptors (Lipinski definition) is 4. The van der Waals surface area contributed by atoms with Crippen LogP contribution in [0.4, 0.5) is 24.5 Å². The summed E-state index contributed by atoms with van der Waals surface area (Å²) in [5.74, 6) is -2.36. The van der Waals surface area contributed by atoms with Crippen LogP contribution in [-0.2, 0) is 4.79 Å². The van der Waals surface area contributed by atoms with Crippen LogP contribution >= 0.6 is 0 Å². The van der Waals surface area contributed by atoms with Crippen LogP contribution in [0.5, 0.6) is 5.75 Å². The van der Waals surface area contributed by atoms with Crippen molar-refractivity contribution in [3.63, 3.8) is 0 Å². The van der Waals surface area contributed by atoms with Gasteiger partial charge < -0.3 is 19.9 Å². The largest absolute Gasteiger partial charge is 0.476 e. The molecule has 39 heavy (non-hydrogen) atoms. The third-order valence-electron chi connectivity index (χ3n) is 7.05. The summed E-state index contributed by atoms with van der Waals surface area (Å²) in [6, 6.07) is 7.05. The average Bonchev–Trinajstić information content (AvgIpc) is 2.88. The zero-order valence-corrected chi connectivity index (χ0v) is 22.9. The molecule has 0 aliphatic carbocycles. The molecule has 2 aromatic carbocycles. The molecule has 4 rings (SSSR count). The van der Waals surface area contributed by atoms with Gasteiger partial charge in [-0.3, -0.25) is 9.79 Å². The molecule has 1 amide bonds. The molecule has 0 radical (unpaired) electrons. The number of halogens is 3. The Morgan fingerprint density at radius 1 is 1.15 bits per heavy atom. The molecule has 0 aromatic heterocycles. The fraction of sp³-hybridized carbons (Fsp3) is 0.414. The fourth-order valence-electron chi connectivity index (χ4n) is 4.99. The zero-order chi connectivity index (χ0) is 28.4. The molecule has 208 valence electrons. The van der Waals surface area contributed by atoms with Crippen LogP contribution in [0.2, 0.25) is 0 Å². The van der Waals surface area contributed by atoms with Gasteiger partial charge in [0.05, 0.1) is 5.69 Å². The van der Waals surface area contributed by atoms with Crippen molar-refractivity contribution in [2.75, 3.05) is 37.4 Å². The van der Waals surface area contributed by atoms with Gasteiger partial charge in [-0.05, 0) is 89.5 Å². The first-order valence-electron chi connectivity index (χ1n) is 13.0. The van der Waals surface area contributed by atoms with Gasteiger partial charge in [-0.15, -0.1) is 0 Å². The average molecular weight is 542 g/mol. The molecule has 7 nitrogen and oxygen atoms in total. The van der Waals surface area contributed by atoms with E-state index in [0.29, 0.717) is 11.3 Å². The highest BCUT2D eigenvalue weighted by molar-refractivity contribution is 6.18. The summed E-state index contributed by atoms with van der Waals surface area (Å²) in [6.07, 6.45) is 0.906. The van der Waals surface area contributed by atoms with Gasteiger partial charge in [0, 0.05) is 24.3 Å². The van der Waals surface area contributed by atoms with E-state index in [-0.39, 0.29) is 52.4 Å². The second-order valence-corrected chi connectivity index (χ2v) is 10.2. The minimum absolute atomic E-state index is 0.0324. The van der Waals surface area contributed by atoms with E-state index >= 15 is 8.78 Å². The molecule has 10 heteroatoms. The molecule has 1 saturated heterocycles.